The number of aromatic nitrogens is 1. The molecule has 3 aromatic rings. The van der Waals surface area contributed by atoms with Crippen LogP contribution in [0.4, 0.5) is 4.79 Å². The van der Waals surface area contributed by atoms with E-state index in [1.54, 1.807) is 6.07 Å². The highest BCUT2D eigenvalue weighted by Crippen LogP contribution is 2.48. The summed E-state index contributed by atoms with van der Waals surface area (Å²) in [6.45, 7) is 7.75. The summed E-state index contributed by atoms with van der Waals surface area (Å²) in [5, 5.41) is 12.9. The van der Waals surface area contributed by atoms with E-state index in [9.17, 15) is 14.4 Å². The fraction of sp³-hybridized carbons (Fsp3) is 0.419. The lowest BCUT2D eigenvalue weighted by atomic mass is 9.95. The molecule has 2 unspecified atom stereocenters. The van der Waals surface area contributed by atoms with Gasteiger partial charge in [-0.2, -0.15) is 0 Å². The van der Waals surface area contributed by atoms with Crippen molar-refractivity contribution in [3.63, 3.8) is 0 Å². The van der Waals surface area contributed by atoms with Gasteiger partial charge in [-0.1, -0.05) is 48.5 Å². The van der Waals surface area contributed by atoms with Crippen molar-refractivity contribution in [3.8, 4) is 0 Å². The van der Waals surface area contributed by atoms with Crippen molar-refractivity contribution in [2.75, 3.05) is 46.4 Å². The Hall–Kier alpha value is -3.51. The molecular weight excluding hydrogens is 588 g/mol. The molecule has 1 saturated heterocycles. The number of halogens is 1. The second kappa shape index (κ2) is 13.9. The van der Waals surface area contributed by atoms with Gasteiger partial charge in [0.1, 0.15) is 6.04 Å². The smallest absolute Gasteiger partial charge is 0.315 e. The van der Waals surface area contributed by atoms with Crippen LogP contribution >= 0.6 is 22.9 Å². The highest BCUT2D eigenvalue weighted by Gasteiger charge is 2.55. The maximum absolute atomic E-state index is 13.6. The number of carbonyl (C=O) groups is 3. The van der Waals surface area contributed by atoms with E-state index in [2.05, 4.69) is 37.7 Å². The van der Waals surface area contributed by atoms with Crippen LogP contribution in [0.1, 0.15) is 17.0 Å². The molecule has 0 radical (unpaired) electrons. The Morgan fingerprint density at radius 1 is 1.19 bits per heavy atom. The molecule has 1 saturated carbocycles. The number of rotatable bonds is 12. The number of amides is 4. The Balaban J connectivity index is 1.26. The Morgan fingerprint density at radius 2 is 1.95 bits per heavy atom. The molecule has 1 aliphatic heterocycles. The number of nitrogens with one attached hydrogen (secondary N) is 4. The third-order valence-electron chi connectivity index (χ3n) is 7.97. The minimum Gasteiger partial charge on any atom is -0.379 e. The number of thiazole rings is 1. The van der Waals surface area contributed by atoms with Gasteiger partial charge in [-0.25, -0.2) is 9.78 Å². The second-order valence-corrected chi connectivity index (χ2v) is 12.7. The molecule has 5 rings (SSSR count). The number of morpholine rings is 1. The van der Waals surface area contributed by atoms with Gasteiger partial charge in [0.05, 0.1) is 28.4 Å². The topological polar surface area (TPSA) is 125 Å². The SMILES string of the molecule is C=C(CN1CCOCC1)C(=O)NCC1(Cc2ccccc2)CC1NC(=O)[C@H](Cc1nc2ccc(Cl)cc2s1)NC(=O)NC. The van der Waals surface area contributed by atoms with Crippen LogP contribution in [0.25, 0.3) is 10.2 Å². The van der Waals surface area contributed by atoms with Crippen molar-refractivity contribution >= 4 is 51.0 Å². The van der Waals surface area contributed by atoms with Crippen molar-refractivity contribution in [1.29, 1.82) is 0 Å². The molecule has 0 spiro atoms. The van der Waals surface area contributed by atoms with Gasteiger partial charge in [-0.3, -0.25) is 14.5 Å². The lowest BCUT2D eigenvalue weighted by Gasteiger charge is -2.27. The van der Waals surface area contributed by atoms with Gasteiger partial charge in [0.15, 0.2) is 0 Å². The number of hydrogen-bond acceptors (Lipinski definition) is 7. The Labute approximate surface area is 260 Å². The van der Waals surface area contributed by atoms with Gasteiger partial charge in [-0.15, -0.1) is 11.3 Å². The maximum atomic E-state index is 13.6. The zero-order chi connectivity index (χ0) is 30.4. The standard InChI is InChI=1S/C31H37ClN6O4S/c1-20(18-38-10-12-42-13-11-38)28(39)34-19-31(16-21-6-4-3-5-7-21)17-26(31)37-29(40)24(36-30(41)33-2)15-27-35-23-9-8-22(32)14-25(23)43-27/h3-9,14,24,26H,1,10-13,15-19H2,2H3,(H,34,39)(H,37,40)(H2,33,36,41)/t24-,26?,31?/m0/s1. The van der Waals surface area contributed by atoms with Gasteiger partial charge in [0.2, 0.25) is 11.8 Å². The second-order valence-electron chi connectivity index (χ2n) is 11.2. The number of urea groups is 1. The monoisotopic (exact) mass is 624 g/mol. The molecule has 43 heavy (non-hydrogen) atoms. The number of benzene rings is 2. The van der Waals surface area contributed by atoms with Gasteiger partial charge in [0.25, 0.3) is 0 Å². The predicted molar refractivity (Wildman–Crippen MR) is 168 cm³/mol. The number of hydrogen-bond donors (Lipinski definition) is 4. The van der Waals surface area contributed by atoms with Crippen molar-refractivity contribution in [2.45, 2.75) is 31.3 Å². The normalized spacial score (nSPS) is 20.7. The lowest BCUT2D eigenvalue weighted by molar-refractivity contribution is -0.123. The molecule has 2 aromatic carbocycles. The van der Waals surface area contributed by atoms with E-state index in [0.717, 1.165) is 28.9 Å². The number of fused-ring (bicyclic) bond motifs is 1. The van der Waals surface area contributed by atoms with Gasteiger partial charge in [0, 0.05) is 61.7 Å². The fourth-order valence-electron chi connectivity index (χ4n) is 5.41. The molecule has 228 valence electrons. The zero-order valence-electron chi connectivity index (χ0n) is 24.2. The van der Waals surface area contributed by atoms with Crippen molar-refractivity contribution in [1.82, 2.24) is 31.2 Å². The van der Waals surface area contributed by atoms with Crippen LogP contribution in [0, 0.1) is 5.41 Å². The van der Waals surface area contributed by atoms with E-state index in [1.165, 1.54) is 18.4 Å². The first kappa shape index (κ1) is 30.9. The van der Waals surface area contributed by atoms with E-state index < -0.39 is 12.1 Å². The van der Waals surface area contributed by atoms with Crippen LogP contribution in [0.2, 0.25) is 5.02 Å². The van der Waals surface area contributed by atoms with Crippen molar-refractivity contribution in [2.24, 2.45) is 5.41 Å². The molecule has 2 heterocycles. The maximum Gasteiger partial charge on any atom is 0.315 e. The quantitative estimate of drug-likeness (QED) is 0.230. The minimum atomic E-state index is -0.839. The molecule has 10 nitrogen and oxygen atoms in total. The summed E-state index contributed by atoms with van der Waals surface area (Å²) in [7, 11) is 1.51. The third kappa shape index (κ3) is 8.11. The first-order valence-corrected chi connectivity index (χ1v) is 15.6. The molecule has 1 aromatic heterocycles. The molecule has 4 N–H and O–H groups in total. The molecular formula is C31H37ClN6O4S. The summed E-state index contributed by atoms with van der Waals surface area (Å²) in [6, 6.07) is 14.0. The van der Waals surface area contributed by atoms with E-state index in [4.69, 9.17) is 16.3 Å². The minimum absolute atomic E-state index is 0.184. The van der Waals surface area contributed by atoms with Gasteiger partial charge < -0.3 is 26.0 Å². The molecule has 3 atom stereocenters. The van der Waals surface area contributed by atoms with Crippen LogP contribution in [0.15, 0.2) is 60.7 Å². The molecule has 12 heteroatoms. The van der Waals surface area contributed by atoms with Crippen molar-refractivity contribution < 1.29 is 19.1 Å². The average molecular weight is 625 g/mol. The first-order chi connectivity index (χ1) is 20.7. The highest BCUT2D eigenvalue weighted by atomic mass is 35.5. The number of nitrogens with zero attached hydrogens (tertiary/aromatic N) is 2. The van der Waals surface area contributed by atoms with Crippen molar-refractivity contribution in [3.05, 3.63) is 76.3 Å². The molecule has 0 bridgehead atoms. The first-order valence-electron chi connectivity index (χ1n) is 14.4. The Bertz CT molecular complexity index is 1480. The van der Waals surface area contributed by atoms with Crippen LogP contribution in [-0.2, 0) is 27.2 Å². The third-order valence-corrected chi connectivity index (χ3v) is 9.24. The van der Waals surface area contributed by atoms with E-state index >= 15 is 0 Å². The number of ether oxygens (including phenoxy) is 1. The summed E-state index contributed by atoms with van der Waals surface area (Å²) in [6.07, 6.45) is 1.60. The summed E-state index contributed by atoms with van der Waals surface area (Å²) in [4.78, 5) is 45.7. The van der Waals surface area contributed by atoms with Gasteiger partial charge >= 0.3 is 6.03 Å². The Morgan fingerprint density at radius 3 is 2.70 bits per heavy atom. The highest BCUT2D eigenvalue weighted by molar-refractivity contribution is 7.18. The van der Waals surface area contributed by atoms with Crippen LogP contribution < -0.4 is 21.3 Å². The van der Waals surface area contributed by atoms with E-state index in [1.807, 2.05) is 42.5 Å². The van der Waals surface area contributed by atoms with E-state index in [-0.39, 0.29) is 29.7 Å². The van der Waals surface area contributed by atoms with E-state index in [0.29, 0.717) is 54.7 Å². The summed E-state index contributed by atoms with van der Waals surface area (Å²) < 4.78 is 6.31. The largest absolute Gasteiger partial charge is 0.379 e. The molecule has 4 amide bonds. The number of carbonyl (C=O) groups excluding carboxylic acids is 3. The summed E-state index contributed by atoms with van der Waals surface area (Å²) in [5.74, 6) is -0.491. The zero-order valence-corrected chi connectivity index (χ0v) is 25.7. The van der Waals surface area contributed by atoms with Crippen LogP contribution in [-0.4, -0.2) is 86.3 Å². The molecule has 2 fully saturated rings. The predicted octanol–water partition coefficient (Wildman–Crippen LogP) is 2.91. The van der Waals surface area contributed by atoms with Crippen LogP contribution in [0.5, 0.6) is 0 Å². The summed E-state index contributed by atoms with van der Waals surface area (Å²) >= 11 is 7.58. The summed E-state index contributed by atoms with van der Waals surface area (Å²) in [5.41, 5.74) is 2.05. The average Bonchev–Trinajstić information content (AvgIpc) is 3.50. The Kier molecular flexibility index (Phi) is 9.97. The van der Waals surface area contributed by atoms with Crippen LogP contribution in [0.3, 0.4) is 0 Å². The molecule has 2 aliphatic rings. The molecule has 1 aliphatic carbocycles. The lowest BCUT2D eigenvalue weighted by Crippen LogP contribution is -2.51. The fourth-order valence-corrected chi connectivity index (χ4v) is 6.70. The van der Waals surface area contributed by atoms with Gasteiger partial charge in [-0.05, 0) is 36.6 Å².